The van der Waals surface area contributed by atoms with E-state index in [1.807, 2.05) is 66.7 Å². The zero-order valence-electron chi connectivity index (χ0n) is 35.6. The van der Waals surface area contributed by atoms with Crippen LogP contribution in [-0.2, 0) is 55.1 Å². The highest BCUT2D eigenvalue weighted by Gasteiger charge is 2.42. The van der Waals surface area contributed by atoms with Gasteiger partial charge >= 0.3 is 5.97 Å². The van der Waals surface area contributed by atoms with E-state index in [9.17, 15) is 22.8 Å². The lowest BCUT2D eigenvalue weighted by Crippen LogP contribution is -2.56. The molecule has 1 unspecified atom stereocenters. The molecule has 0 aromatic heterocycles. The second kappa shape index (κ2) is 19.7. The largest absolute Gasteiger partial charge is 0.489 e. The van der Waals surface area contributed by atoms with Crippen molar-refractivity contribution in [3.8, 4) is 34.4 Å². The number of rotatable bonds is 13. The lowest BCUT2D eigenvalue weighted by atomic mass is 9.93. The van der Waals surface area contributed by atoms with Gasteiger partial charge in [-0.1, -0.05) is 77.8 Å². The average Bonchev–Trinajstić information content (AvgIpc) is 3.33. The molecule has 2 N–H and O–H groups in total. The van der Waals surface area contributed by atoms with Crippen molar-refractivity contribution < 1.29 is 41.7 Å². The third-order valence-corrected chi connectivity index (χ3v) is 13.9. The average molecular weight is 946 g/mol. The van der Waals surface area contributed by atoms with Gasteiger partial charge in [-0.3, -0.25) is 9.59 Å². The lowest BCUT2D eigenvalue weighted by molar-refractivity contribution is -0.145. The van der Waals surface area contributed by atoms with Crippen LogP contribution in [0.3, 0.4) is 0 Å². The van der Waals surface area contributed by atoms with E-state index in [1.54, 1.807) is 36.4 Å². The first-order chi connectivity index (χ1) is 31.8. The minimum atomic E-state index is -4.38. The molecule has 3 atom stereocenters. The molecular weight excluding hydrogens is 904 g/mol. The summed E-state index contributed by atoms with van der Waals surface area (Å²) >= 11 is 12.2. The molecule has 0 saturated heterocycles. The number of hydrogen-bond acceptors (Lipinski definition) is 10. The normalized spacial score (nSPS) is 15.9. The lowest BCUT2D eigenvalue weighted by Gasteiger charge is -2.37. The number of fused-ring (bicyclic) bond motifs is 2. The Morgan fingerprint density at radius 2 is 1.50 bits per heavy atom. The van der Waals surface area contributed by atoms with E-state index < -0.39 is 40.1 Å². The van der Waals surface area contributed by atoms with Crippen molar-refractivity contribution in [3.63, 3.8) is 0 Å². The van der Waals surface area contributed by atoms with Crippen LogP contribution >= 0.6 is 23.2 Å². The number of anilines is 1. The van der Waals surface area contributed by atoms with Gasteiger partial charge in [0, 0.05) is 25.6 Å². The predicted octanol–water partition coefficient (Wildman–Crippen LogP) is 8.60. The molecule has 8 rings (SSSR count). The third-order valence-electron chi connectivity index (χ3n) is 11.3. The molecule has 2 aliphatic heterocycles. The molecule has 0 bridgehead atoms. The molecule has 6 aromatic rings. The van der Waals surface area contributed by atoms with Crippen molar-refractivity contribution in [3.05, 3.63) is 171 Å². The first-order valence-corrected chi connectivity index (χ1v) is 23.0. The summed E-state index contributed by atoms with van der Waals surface area (Å²) in [6.07, 6.45) is -0.492. The third kappa shape index (κ3) is 10.3. The molecule has 66 heavy (non-hydrogen) atoms. The minimum Gasteiger partial charge on any atom is -0.489 e. The highest BCUT2D eigenvalue weighted by molar-refractivity contribution is 7.89. The summed E-state index contributed by atoms with van der Waals surface area (Å²) in [5.41, 5.74) is 6.39. The van der Waals surface area contributed by atoms with E-state index in [-0.39, 0.29) is 36.8 Å². The Bertz CT molecular complexity index is 2940. The molecule has 0 radical (unpaired) electrons. The van der Waals surface area contributed by atoms with Gasteiger partial charge in [-0.15, -0.1) is 0 Å². The van der Waals surface area contributed by atoms with Gasteiger partial charge in [0.25, 0.3) is 0 Å². The Balaban J connectivity index is 1.03. The van der Waals surface area contributed by atoms with Gasteiger partial charge in [0.2, 0.25) is 21.8 Å². The van der Waals surface area contributed by atoms with Gasteiger partial charge in [0.15, 0.2) is 17.6 Å². The van der Waals surface area contributed by atoms with E-state index >= 15 is 0 Å². The Morgan fingerprint density at radius 3 is 2.15 bits per heavy atom. The van der Waals surface area contributed by atoms with Crippen LogP contribution in [0, 0.1) is 11.3 Å². The quantitative estimate of drug-likeness (QED) is 0.107. The van der Waals surface area contributed by atoms with Crippen LogP contribution in [0.25, 0.3) is 11.1 Å². The van der Waals surface area contributed by atoms with E-state index in [0.29, 0.717) is 61.8 Å². The van der Waals surface area contributed by atoms with Gasteiger partial charge in [0.05, 0.1) is 33.7 Å². The summed E-state index contributed by atoms with van der Waals surface area (Å²) in [5, 5.41) is 15.5. The zero-order valence-corrected chi connectivity index (χ0v) is 38.0. The number of benzene rings is 6. The van der Waals surface area contributed by atoms with Gasteiger partial charge in [0.1, 0.15) is 31.0 Å². The number of sulfonamides is 1. The summed E-state index contributed by atoms with van der Waals surface area (Å²) < 4.78 is 54.0. The molecule has 13 nitrogen and oxygen atoms in total. The number of hydrogen-bond donors (Lipinski definition) is 2. The maximum atomic E-state index is 14.6. The summed E-state index contributed by atoms with van der Waals surface area (Å²) in [6, 6.07) is 36.1. The van der Waals surface area contributed by atoms with Gasteiger partial charge in [-0.2, -0.15) is 9.57 Å². The van der Waals surface area contributed by atoms with Gasteiger partial charge < -0.3 is 29.6 Å². The van der Waals surface area contributed by atoms with Crippen LogP contribution < -0.4 is 24.8 Å². The van der Waals surface area contributed by atoms with Crippen molar-refractivity contribution in [2.45, 2.75) is 56.0 Å². The van der Waals surface area contributed by atoms with Gasteiger partial charge in [-0.05, 0) is 118 Å². The van der Waals surface area contributed by atoms with E-state index in [1.165, 1.54) is 38.3 Å². The molecule has 336 valence electrons. The zero-order chi connectivity index (χ0) is 46.5. The Labute approximate surface area is 391 Å². The topological polar surface area (TPSA) is 173 Å². The van der Waals surface area contributed by atoms with Crippen molar-refractivity contribution in [1.82, 2.24) is 9.62 Å². The fourth-order valence-electron chi connectivity index (χ4n) is 7.80. The number of carbonyl (C=O) groups is 3. The van der Waals surface area contributed by atoms with Crippen LogP contribution in [0.2, 0.25) is 10.0 Å². The fraction of sp³-hybridized carbons (Fsp3) is 0.200. The molecule has 0 aliphatic carbocycles. The standard InChI is InChI=1S/C50H42Cl2N4O9S/c1-30(57)54-39-14-18-41(19-15-39)66(60,61)56-27-38-25-47-46(64-29-48(65-47)36-12-16-40(17-13-36)63-28-33-7-20-42(51)43(52)21-33)24-37(38)23-45(56)49(58)55-44(50(59)62-2)22-31-3-8-34(9-4-31)35-10-5-32(26-53)6-11-35/h3-21,24-25,44-45,48H,22-23,27-29H2,1-2H3,(H,54,57)(H,55,58)/t44-,45-,48?/m0/s1. The Kier molecular flexibility index (Phi) is 13.6. The monoisotopic (exact) mass is 944 g/mol. The number of nitrogens with one attached hydrogen (secondary N) is 2. The van der Waals surface area contributed by atoms with E-state index in [2.05, 4.69) is 16.7 Å². The predicted molar refractivity (Wildman–Crippen MR) is 248 cm³/mol. The molecule has 0 spiro atoms. The number of halogens is 2. The highest BCUT2D eigenvalue weighted by Crippen LogP contribution is 2.42. The highest BCUT2D eigenvalue weighted by atomic mass is 35.5. The second-order valence-corrected chi connectivity index (χ2v) is 18.4. The van der Waals surface area contributed by atoms with E-state index in [4.69, 9.17) is 47.4 Å². The van der Waals surface area contributed by atoms with Crippen LogP contribution in [0.1, 0.15) is 46.4 Å². The number of methoxy groups -OCH3 is 1. The minimum absolute atomic E-state index is 0.0543. The van der Waals surface area contributed by atoms with Gasteiger partial charge in [-0.25, -0.2) is 13.2 Å². The summed E-state index contributed by atoms with van der Waals surface area (Å²) in [7, 11) is -3.16. The second-order valence-electron chi connectivity index (χ2n) is 15.7. The number of nitrogens with zero attached hydrogens (tertiary/aromatic N) is 2. The van der Waals surface area contributed by atoms with Crippen LogP contribution in [0.4, 0.5) is 5.69 Å². The molecule has 16 heteroatoms. The number of esters is 1. The Hall–Kier alpha value is -6.89. The molecule has 2 amide bonds. The smallest absolute Gasteiger partial charge is 0.328 e. The van der Waals surface area contributed by atoms with Crippen molar-refractivity contribution in [2.24, 2.45) is 0 Å². The fourth-order valence-corrected chi connectivity index (χ4v) is 9.69. The molecule has 2 aliphatic rings. The summed E-state index contributed by atoms with van der Waals surface area (Å²) in [6.45, 7) is 1.60. The molecule has 0 fully saturated rings. The number of nitriles is 1. The number of ether oxygens (including phenoxy) is 4. The first-order valence-electron chi connectivity index (χ1n) is 20.8. The molecule has 0 saturated carbocycles. The van der Waals surface area contributed by atoms with Crippen LogP contribution in [0.15, 0.2) is 132 Å². The maximum Gasteiger partial charge on any atom is 0.328 e. The van der Waals surface area contributed by atoms with Crippen molar-refractivity contribution in [1.29, 1.82) is 5.26 Å². The Morgan fingerprint density at radius 1 is 0.833 bits per heavy atom. The number of amides is 2. The SMILES string of the molecule is COC(=O)[C@H](Cc1ccc(-c2ccc(C#N)cc2)cc1)NC(=O)[C@@H]1Cc2cc3c(cc2CN1S(=O)(=O)c1ccc(NC(C)=O)cc1)OC(c1ccc(OCc2ccc(Cl)c(Cl)c2)cc1)CO3. The first kappa shape index (κ1) is 45.7. The maximum absolute atomic E-state index is 14.6. The summed E-state index contributed by atoms with van der Waals surface area (Å²) in [5.74, 6) is -0.264. The van der Waals surface area contributed by atoms with E-state index in [0.717, 1.165) is 26.6 Å². The van der Waals surface area contributed by atoms with Crippen LogP contribution in [-0.4, -0.2) is 56.3 Å². The van der Waals surface area contributed by atoms with Crippen LogP contribution in [0.5, 0.6) is 17.2 Å². The van der Waals surface area contributed by atoms with Crippen molar-refractivity contribution in [2.75, 3.05) is 19.0 Å². The number of carbonyl (C=O) groups excluding carboxylic acids is 3. The molecule has 2 heterocycles. The molecular formula is C50H42Cl2N4O9S. The van der Waals surface area contributed by atoms with Crippen molar-refractivity contribution >= 4 is 56.7 Å². The molecule has 6 aromatic carbocycles. The summed E-state index contributed by atoms with van der Waals surface area (Å²) in [4.78, 5) is 39.3.